The minimum atomic E-state index is -0.0657. The van der Waals surface area contributed by atoms with E-state index in [4.69, 9.17) is 4.74 Å². The molecule has 4 heteroatoms. The Morgan fingerprint density at radius 2 is 1.90 bits per heavy atom. The van der Waals surface area contributed by atoms with Crippen LogP contribution in [-0.2, 0) is 0 Å². The van der Waals surface area contributed by atoms with Crippen LogP contribution in [0.25, 0.3) is 0 Å². The van der Waals surface area contributed by atoms with Crippen LogP contribution in [0.3, 0.4) is 0 Å². The largest absolute Gasteiger partial charge is 0.496 e. The van der Waals surface area contributed by atoms with Crippen molar-refractivity contribution in [3.63, 3.8) is 0 Å². The molecule has 0 saturated carbocycles. The SMILES string of the molecule is COc1cc(C)c(C(=O)C2CN(C)CCCN2C)cc1C. The van der Waals surface area contributed by atoms with Crippen molar-refractivity contribution in [2.45, 2.75) is 26.3 Å². The Kier molecular flexibility index (Phi) is 5.01. The van der Waals surface area contributed by atoms with E-state index >= 15 is 0 Å². The Morgan fingerprint density at radius 1 is 1.19 bits per heavy atom. The van der Waals surface area contributed by atoms with Crippen molar-refractivity contribution < 1.29 is 9.53 Å². The number of hydrogen-bond donors (Lipinski definition) is 0. The number of aryl methyl sites for hydroxylation is 2. The third-order valence-electron chi connectivity index (χ3n) is 4.38. The average molecular weight is 290 g/mol. The Labute approximate surface area is 127 Å². The summed E-state index contributed by atoms with van der Waals surface area (Å²) in [6, 6.07) is 3.86. The Morgan fingerprint density at radius 3 is 2.57 bits per heavy atom. The molecule has 1 unspecified atom stereocenters. The molecule has 1 aliphatic rings. The third kappa shape index (κ3) is 3.44. The standard InChI is InChI=1S/C17H26N2O2/c1-12-10-16(21-5)13(2)9-14(12)17(20)15-11-18(3)7-6-8-19(15)4/h9-10,15H,6-8,11H2,1-5H3. The van der Waals surface area contributed by atoms with Crippen molar-refractivity contribution >= 4 is 5.78 Å². The fourth-order valence-electron chi connectivity index (χ4n) is 3.01. The van der Waals surface area contributed by atoms with E-state index in [1.54, 1.807) is 7.11 Å². The Bertz CT molecular complexity index is 528. The second-order valence-electron chi connectivity index (χ2n) is 6.11. The predicted octanol–water partition coefficient (Wildman–Crippen LogP) is 2.13. The highest BCUT2D eigenvalue weighted by Crippen LogP contribution is 2.24. The molecule has 0 aliphatic carbocycles. The van der Waals surface area contributed by atoms with Gasteiger partial charge in [-0.1, -0.05) is 0 Å². The monoisotopic (exact) mass is 290 g/mol. The van der Waals surface area contributed by atoms with Crippen LogP contribution in [-0.4, -0.2) is 62.5 Å². The van der Waals surface area contributed by atoms with E-state index in [-0.39, 0.29) is 11.8 Å². The number of likely N-dealkylation sites (N-methyl/N-ethyl adjacent to an activating group) is 2. The quantitative estimate of drug-likeness (QED) is 0.799. The van der Waals surface area contributed by atoms with Gasteiger partial charge < -0.3 is 9.64 Å². The van der Waals surface area contributed by atoms with Crippen LogP contribution >= 0.6 is 0 Å². The summed E-state index contributed by atoms with van der Waals surface area (Å²) in [5.74, 6) is 1.06. The molecule has 1 aromatic carbocycles. The molecule has 0 spiro atoms. The fraction of sp³-hybridized carbons (Fsp3) is 0.588. The van der Waals surface area contributed by atoms with Crippen molar-refractivity contribution in [3.05, 3.63) is 28.8 Å². The van der Waals surface area contributed by atoms with Crippen LogP contribution in [0.4, 0.5) is 0 Å². The van der Waals surface area contributed by atoms with E-state index in [0.717, 1.165) is 48.5 Å². The van der Waals surface area contributed by atoms with Gasteiger partial charge in [-0.05, 0) is 70.7 Å². The first-order valence-corrected chi connectivity index (χ1v) is 7.52. The number of hydrogen-bond acceptors (Lipinski definition) is 4. The van der Waals surface area contributed by atoms with Gasteiger partial charge in [0.05, 0.1) is 13.2 Å². The normalized spacial score (nSPS) is 21.1. The van der Waals surface area contributed by atoms with Crippen LogP contribution < -0.4 is 4.74 Å². The number of carbonyl (C=O) groups excluding carboxylic acids is 1. The second kappa shape index (κ2) is 6.58. The summed E-state index contributed by atoms with van der Waals surface area (Å²) in [7, 11) is 5.80. The highest BCUT2D eigenvalue weighted by Gasteiger charge is 2.28. The average Bonchev–Trinajstić information content (AvgIpc) is 2.61. The highest BCUT2D eigenvalue weighted by atomic mass is 16.5. The summed E-state index contributed by atoms with van der Waals surface area (Å²) in [5.41, 5.74) is 2.82. The first-order chi connectivity index (χ1) is 9.93. The third-order valence-corrected chi connectivity index (χ3v) is 4.38. The summed E-state index contributed by atoms with van der Waals surface area (Å²) in [6.07, 6.45) is 1.11. The zero-order chi connectivity index (χ0) is 15.6. The Hall–Kier alpha value is -1.39. The van der Waals surface area contributed by atoms with Crippen molar-refractivity contribution in [1.29, 1.82) is 0 Å². The minimum absolute atomic E-state index is 0.0657. The molecule has 1 atom stereocenters. The number of Topliss-reactive ketones (excluding diaryl/α,β-unsaturated/α-hetero) is 1. The number of rotatable bonds is 3. The number of nitrogens with zero attached hydrogens (tertiary/aromatic N) is 2. The molecule has 0 amide bonds. The van der Waals surface area contributed by atoms with Gasteiger partial charge in [-0.15, -0.1) is 0 Å². The maximum Gasteiger partial charge on any atom is 0.181 e. The molecule has 0 aromatic heterocycles. The molecule has 116 valence electrons. The molecule has 1 heterocycles. The van der Waals surface area contributed by atoms with E-state index in [1.807, 2.05) is 33.0 Å². The molecule has 1 aromatic rings. The molecular weight excluding hydrogens is 264 g/mol. The lowest BCUT2D eigenvalue weighted by atomic mass is 9.96. The molecule has 1 saturated heterocycles. The topological polar surface area (TPSA) is 32.8 Å². The maximum atomic E-state index is 13.0. The lowest BCUT2D eigenvalue weighted by molar-refractivity contribution is 0.0838. The van der Waals surface area contributed by atoms with Gasteiger partial charge in [0.1, 0.15) is 5.75 Å². The molecule has 0 bridgehead atoms. The lowest BCUT2D eigenvalue weighted by Gasteiger charge is -2.27. The molecule has 21 heavy (non-hydrogen) atoms. The molecule has 4 nitrogen and oxygen atoms in total. The van der Waals surface area contributed by atoms with Crippen LogP contribution in [0.1, 0.15) is 27.9 Å². The second-order valence-corrected chi connectivity index (χ2v) is 6.11. The van der Waals surface area contributed by atoms with Gasteiger partial charge in [-0.25, -0.2) is 0 Å². The van der Waals surface area contributed by atoms with Crippen molar-refractivity contribution in [1.82, 2.24) is 9.80 Å². The van der Waals surface area contributed by atoms with Gasteiger partial charge in [0.2, 0.25) is 0 Å². The minimum Gasteiger partial charge on any atom is -0.496 e. The van der Waals surface area contributed by atoms with Crippen molar-refractivity contribution in [2.75, 3.05) is 40.8 Å². The van der Waals surface area contributed by atoms with E-state index < -0.39 is 0 Å². The first-order valence-electron chi connectivity index (χ1n) is 7.52. The zero-order valence-corrected chi connectivity index (χ0v) is 13.8. The molecular formula is C17H26N2O2. The van der Waals surface area contributed by atoms with Gasteiger partial charge in [-0.2, -0.15) is 0 Å². The number of ketones is 1. The first kappa shape index (κ1) is 16.0. The lowest BCUT2D eigenvalue weighted by Crippen LogP contribution is -2.43. The summed E-state index contributed by atoms with van der Waals surface area (Å²) in [5, 5.41) is 0. The van der Waals surface area contributed by atoms with Crippen LogP contribution in [0.5, 0.6) is 5.75 Å². The summed E-state index contributed by atoms with van der Waals surface area (Å²) in [6.45, 7) is 6.77. The smallest absolute Gasteiger partial charge is 0.181 e. The summed E-state index contributed by atoms with van der Waals surface area (Å²) >= 11 is 0. The predicted molar refractivity (Wildman–Crippen MR) is 85.3 cm³/mol. The number of ether oxygens (including phenoxy) is 1. The van der Waals surface area contributed by atoms with Gasteiger partial charge in [0, 0.05) is 12.1 Å². The highest BCUT2D eigenvalue weighted by molar-refractivity contribution is 6.01. The number of carbonyl (C=O) groups is 1. The van der Waals surface area contributed by atoms with Gasteiger partial charge in [-0.3, -0.25) is 9.69 Å². The van der Waals surface area contributed by atoms with Crippen molar-refractivity contribution in [3.8, 4) is 5.75 Å². The van der Waals surface area contributed by atoms with Crippen LogP contribution in [0, 0.1) is 13.8 Å². The van der Waals surface area contributed by atoms with Crippen LogP contribution in [0.15, 0.2) is 12.1 Å². The summed E-state index contributed by atoms with van der Waals surface area (Å²) < 4.78 is 5.33. The molecule has 2 rings (SSSR count). The molecule has 0 radical (unpaired) electrons. The molecule has 1 fully saturated rings. The number of methoxy groups -OCH3 is 1. The van der Waals surface area contributed by atoms with Gasteiger partial charge >= 0.3 is 0 Å². The van der Waals surface area contributed by atoms with Gasteiger partial charge in [0.25, 0.3) is 0 Å². The van der Waals surface area contributed by atoms with Gasteiger partial charge in [0.15, 0.2) is 5.78 Å². The maximum absolute atomic E-state index is 13.0. The summed E-state index contributed by atoms with van der Waals surface area (Å²) in [4.78, 5) is 17.4. The van der Waals surface area contributed by atoms with Crippen LogP contribution in [0.2, 0.25) is 0 Å². The molecule has 1 aliphatic heterocycles. The van der Waals surface area contributed by atoms with Crippen molar-refractivity contribution in [2.24, 2.45) is 0 Å². The van der Waals surface area contributed by atoms with E-state index in [0.29, 0.717) is 0 Å². The van der Waals surface area contributed by atoms with E-state index in [9.17, 15) is 4.79 Å². The number of benzene rings is 1. The fourth-order valence-corrected chi connectivity index (χ4v) is 3.01. The van der Waals surface area contributed by atoms with E-state index in [2.05, 4.69) is 16.8 Å². The molecule has 0 N–H and O–H groups in total. The zero-order valence-electron chi connectivity index (χ0n) is 13.8. The Balaban J connectivity index is 2.32. The van der Waals surface area contributed by atoms with E-state index in [1.165, 1.54) is 0 Å².